The Hall–Kier alpha value is -3.78. The van der Waals surface area contributed by atoms with Crippen LogP contribution >= 0.6 is 0 Å². The van der Waals surface area contributed by atoms with Crippen LogP contribution in [-0.2, 0) is 6.42 Å². The second kappa shape index (κ2) is 14.4. The summed E-state index contributed by atoms with van der Waals surface area (Å²) in [6.07, 6.45) is 6.19. The highest BCUT2D eigenvalue weighted by molar-refractivity contribution is 6.51. The number of rotatable bonds is 10. The number of aromatic hydroxyl groups is 1. The van der Waals surface area contributed by atoms with Gasteiger partial charge in [-0.05, 0) is 118 Å². The number of aliphatic imine (C=N–C) groups is 1. The fraction of sp³-hybridized carbons (Fsp3) is 0.525. The first kappa shape index (κ1) is 35.5. The molecule has 2 heterocycles. The lowest BCUT2D eigenvalue weighted by Crippen LogP contribution is -2.47. The molecular formula is C40H53FN4O3. The van der Waals surface area contributed by atoms with Crippen LogP contribution in [0, 0.1) is 17.7 Å². The fourth-order valence-electron chi connectivity index (χ4n) is 7.40. The molecular weight excluding hydrogens is 603 g/mol. The molecule has 1 aromatic heterocycles. The minimum absolute atomic E-state index is 0.0560. The number of benzene rings is 2. The molecule has 2 aromatic carbocycles. The van der Waals surface area contributed by atoms with Gasteiger partial charge in [0.15, 0.2) is 0 Å². The Morgan fingerprint density at radius 2 is 1.90 bits per heavy atom. The summed E-state index contributed by atoms with van der Waals surface area (Å²) in [5, 5.41) is 23.7. The van der Waals surface area contributed by atoms with Gasteiger partial charge >= 0.3 is 6.01 Å². The van der Waals surface area contributed by atoms with Crippen molar-refractivity contribution in [1.82, 2.24) is 9.97 Å². The zero-order chi connectivity index (χ0) is 34.9. The number of aliphatic hydroxyl groups is 1. The number of allylic oxidation sites excluding steroid dienone is 4. The molecule has 2 aliphatic rings. The third kappa shape index (κ3) is 7.00. The number of hydrogen-bond acceptors (Lipinski definition) is 7. The lowest BCUT2D eigenvalue weighted by molar-refractivity contribution is 0.0446. The molecule has 1 aliphatic carbocycles. The maximum Gasteiger partial charge on any atom is 0.318 e. The van der Waals surface area contributed by atoms with Gasteiger partial charge in [0, 0.05) is 30.3 Å². The molecule has 0 radical (unpaired) electrons. The number of phenols is 1. The van der Waals surface area contributed by atoms with Crippen LogP contribution in [0.5, 0.6) is 11.8 Å². The summed E-state index contributed by atoms with van der Waals surface area (Å²) in [7, 11) is 0. The molecule has 5 rings (SSSR count). The molecule has 0 saturated carbocycles. The largest absolute Gasteiger partial charge is 0.508 e. The van der Waals surface area contributed by atoms with E-state index in [4.69, 9.17) is 19.7 Å². The third-order valence-electron chi connectivity index (χ3n) is 9.82. The molecule has 7 nitrogen and oxygen atoms in total. The lowest BCUT2D eigenvalue weighted by atomic mass is 9.78. The van der Waals surface area contributed by atoms with E-state index in [1.165, 1.54) is 6.07 Å². The molecule has 8 heteroatoms. The van der Waals surface area contributed by atoms with E-state index in [0.29, 0.717) is 55.1 Å². The molecule has 0 bridgehead atoms. The summed E-state index contributed by atoms with van der Waals surface area (Å²) in [4.78, 5) is 17.6. The van der Waals surface area contributed by atoms with Crippen LogP contribution < -0.4 is 9.64 Å². The average molecular weight is 657 g/mol. The predicted molar refractivity (Wildman–Crippen MR) is 196 cm³/mol. The fourth-order valence-corrected chi connectivity index (χ4v) is 7.40. The third-order valence-corrected chi connectivity index (χ3v) is 9.82. The molecule has 2 unspecified atom stereocenters. The minimum Gasteiger partial charge on any atom is -0.508 e. The molecule has 1 fully saturated rings. The normalized spacial score (nSPS) is 20.8. The molecule has 1 saturated heterocycles. The van der Waals surface area contributed by atoms with Gasteiger partial charge in [0.1, 0.15) is 17.4 Å². The number of ether oxygens (including phenoxy) is 1. The Labute approximate surface area is 285 Å². The van der Waals surface area contributed by atoms with Gasteiger partial charge in [0.05, 0.1) is 29.2 Å². The Morgan fingerprint density at radius 1 is 1.15 bits per heavy atom. The van der Waals surface area contributed by atoms with Crippen molar-refractivity contribution in [2.24, 2.45) is 16.8 Å². The van der Waals surface area contributed by atoms with Crippen LogP contribution in [0.1, 0.15) is 110 Å². The smallest absolute Gasteiger partial charge is 0.318 e. The van der Waals surface area contributed by atoms with E-state index in [2.05, 4.69) is 25.7 Å². The van der Waals surface area contributed by atoms with Crippen molar-refractivity contribution in [3.8, 4) is 11.8 Å². The van der Waals surface area contributed by atoms with Gasteiger partial charge in [-0.1, -0.05) is 46.3 Å². The van der Waals surface area contributed by atoms with Crippen molar-refractivity contribution in [3.63, 3.8) is 0 Å². The molecule has 0 amide bonds. The van der Waals surface area contributed by atoms with Crippen molar-refractivity contribution in [1.29, 1.82) is 0 Å². The van der Waals surface area contributed by atoms with E-state index in [0.717, 1.165) is 76.0 Å². The van der Waals surface area contributed by atoms with Crippen molar-refractivity contribution >= 4 is 39.0 Å². The van der Waals surface area contributed by atoms with Crippen molar-refractivity contribution in [2.75, 3.05) is 24.6 Å². The van der Waals surface area contributed by atoms with E-state index < -0.39 is 5.60 Å². The second-order valence-corrected chi connectivity index (χ2v) is 14.4. The Balaban J connectivity index is 1.85. The van der Waals surface area contributed by atoms with E-state index in [-0.39, 0.29) is 17.6 Å². The van der Waals surface area contributed by atoms with E-state index in [1.54, 1.807) is 18.2 Å². The van der Waals surface area contributed by atoms with Gasteiger partial charge in [-0.25, -0.2) is 4.39 Å². The van der Waals surface area contributed by atoms with Crippen molar-refractivity contribution < 1.29 is 19.3 Å². The summed E-state index contributed by atoms with van der Waals surface area (Å²) in [6, 6.07) is 6.87. The standard InChI is InChI=1S/C40H53FN4O3/c1-10-14-27(23(4)5)21-48-39-43-36-25(8)33(31-20-28(46)19-26-15-16-32(41)29(11-2)34(26)31)37(42-24(6)7)30(12-3)35(36)38(44-39)45-18-13-17-40(9,47)22-45/h12,15-16,19-20,23-24,27,46-47H,10-11,13-14,17-18,21-22H2,1-9H3/b30-12-,42-37?. The maximum absolute atomic E-state index is 15.4. The summed E-state index contributed by atoms with van der Waals surface area (Å²) in [6.45, 7) is 20.2. The Kier molecular flexibility index (Phi) is 10.6. The first-order chi connectivity index (χ1) is 22.8. The van der Waals surface area contributed by atoms with E-state index in [1.807, 2.05) is 47.6 Å². The maximum atomic E-state index is 15.4. The van der Waals surface area contributed by atoms with Gasteiger partial charge in [-0.15, -0.1) is 0 Å². The van der Waals surface area contributed by atoms with E-state index in [9.17, 15) is 10.2 Å². The highest BCUT2D eigenvalue weighted by Gasteiger charge is 2.37. The SMILES string of the molecule is C/C=C1\C(=NC(C)C)C(c2cc(O)cc3ccc(F)c(CC)c23)=C(C)c2nc(OCC(CCC)C(C)C)nc(N3CCCC(C)(O)C3)c21. The van der Waals surface area contributed by atoms with Crippen LogP contribution in [0.2, 0.25) is 0 Å². The number of β-amino-alcohol motifs (C(OH)–C–C–N with tert-alkyl or cyclic N) is 1. The second-order valence-electron chi connectivity index (χ2n) is 14.4. The monoisotopic (exact) mass is 656 g/mol. The van der Waals surface area contributed by atoms with Gasteiger partial charge in [0.2, 0.25) is 0 Å². The number of aryl methyl sites for hydroxylation is 1. The molecule has 258 valence electrons. The summed E-state index contributed by atoms with van der Waals surface area (Å²) >= 11 is 0. The Morgan fingerprint density at radius 3 is 2.52 bits per heavy atom. The lowest BCUT2D eigenvalue weighted by Gasteiger charge is -2.39. The molecule has 2 atom stereocenters. The molecule has 48 heavy (non-hydrogen) atoms. The van der Waals surface area contributed by atoms with Gasteiger partial charge in [0.25, 0.3) is 0 Å². The highest BCUT2D eigenvalue weighted by Crippen LogP contribution is 2.47. The summed E-state index contributed by atoms with van der Waals surface area (Å²) < 4.78 is 21.9. The molecule has 0 spiro atoms. The van der Waals surface area contributed by atoms with Crippen LogP contribution in [0.15, 0.2) is 35.3 Å². The summed E-state index contributed by atoms with van der Waals surface area (Å²) in [5.41, 5.74) is 5.28. The van der Waals surface area contributed by atoms with Crippen LogP contribution in [0.25, 0.3) is 27.5 Å². The average Bonchev–Trinajstić information content (AvgIpc) is 3.02. The van der Waals surface area contributed by atoms with Crippen molar-refractivity contribution in [2.45, 2.75) is 106 Å². The first-order valence-corrected chi connectivity index (χ1v) is 17.7. The summed E-state index contributed by atoms with van der Waals surface area (Å²) in [5.74, 6) is 1.35. The molecule has 3 aromatic rings. The van der Waals surface area contributed by atoms with Crippen molar-refractivity contribution in [3.05, 3.63) is 58.5 Å². The number of nitrogens with zero attached hydrogens (tertiary/aromatic N) is 4. The number of anilines is 1. The topological polar surface area (TPSA) is 91.1 Å². The molecule has 2 N–H and O–H groups in total. The van der Waals surface area contributed by atoms with Crippen LogP contribution in [0.4, 0.5) is 10.2 Å². The molecule has 1 aliphatic heterocycles. The van der Waals surface area contributed by atoms with Crippen LogP contribution in [0.3, 0.4) is 0 Å². The quantitative estimate of drug-likeness (QED) is 0.226. The number of aromatic nitrogens is 2. The van der Waals surface area contributed by atoms with Gasteiger partial charge in [-0.3, -0.25) is 4.99 Å². The zero-order valence-corrected chi connectivity index (χ0v) is 30.2. The number of hydrogen-bond donors (Lipinski definition) is 2. The first-order valence-electron chi connectivity index (χ1n) is 17.7. The number of phenolic OH excluding ortho intramolecular Hbond substituents is 1. The zero-order valence-electron chi connectivity index (χ0n) is 30.2. The highest BCUT2D eigenvalue weighted by atomic mass is 19.1. The Bertz CT molecular complexity index is 1770. The van der Waals surface area contributed by atoms with Gasteiger partial charge < -0.3 is 19.8 Å². The number of fused-ring (bicyclic) bond motifs is 2. The van der Waals surface area contributed by atoms with Gasteiger partial charge in [-0.2, -0.15) is 9.97 Å². The number of piperidine rings is 1. The predicted octanol–water partition coefficient (Wildman–Crippen LogP) is 9.04. The van der Waals surface area contributed by atoms with E-state index >= 15 is 4.39 Å². The van der Waals surface area contributed by atoms with Crippen LogP contribution in [-0.4, -0.2) is 57.2 Å². The minimum atomic E-state index is -0.863. The number of halogens is 1.